The van der Waals surface area contributed by atoms with Crippen LogP contribution in [0.15, 0.2) is 48.5 Å². The third-order valence-electron chi connectivity index (χ3n) is 6.20. The van der Waals surface area contributed by atoms with Gasteiger partial charge in [-0.15, -0.1) is 0 Å². The first-order valence-corrected chi connectivity index (χ1v) is 10.5. The number of ether oxygens (including phenoxy) is 3. The van der Waals surface area contributed by atoms with Crippen LogP contribution in [0.1, 0.15) is 23.2 Å². The van der Waals surface area contributed by atoms with E-state index in [1.165, 1.54) is 0 Å². The van der Waals surface area contributed by atoms with Crippen molar-refractivity contribution in [3.8, 4) is 17.2 Å². The van der Waals surface area contributed by atoms with Gasteiger partial charge in [0, 0.05) is 38.9 Å². The summed E-state index contributed by atoms with van der Waals surface area (Å²) in [6.07, 6.45) is 1.52. The van der Waals surface area contributed by atoms with Crippen molar-refractivity contribution in [2.45, 2.75) is 12.8 Å². The fraction of sp³-hybridized carbons (Fsp3) is 0.417. The lowest BCUT2D eigenvalue weighted by molar-refractivity contribution is -0.135. The summed E-state index contributed by atoms with van der Waals surface area (Å²) >= 11 is 0. The summed E-state index contributed by atoms with van der Waals surface area (Å²) in [5.41, 5.74) is 0.168. The first-order chi connectivity index (χ1) is 15.0. The summed E-state index contributed by atoms with van der Waals surface area (Å²) in [7, 11) is 3.26. The lowest BCUT2D eigenvalue weighted by atomic mass is 9.85. The second-order valence-corrected chi connectivity index (χ2v) is 8.09. The molecule has 0 aliphatic carbocycles. The van der Waals surface area contributed by atoms with Crippen molar-refractivity contribution in [2.24, 2.45) is 5.41 Å². The van der Waals surface area contributed by atoms with Gasteiger partial charge in [-0.05, 0) is 61.4 Å². The number of nitrogens with zero attached hydrogens (tertiary/aromatic N) is 2. The maximum Gasteiger partial charge on any atom is 0.253 e. The molecule has 164 valence electrons. The average Bonchev–Trinajstić information content (AvgIpc) is 3.37. The molecule has 2 aliphatic rings. The molecule has 0 bridgehead atoms. The summed E-state index contributed by atoms with van der Waals surface area (Å²) in [5, 5.41) is 0. The molecule has 7 heteroatoms. The van der Waals surface area contributed by atoms with E-state index in [1.54, 1.807) is 43.4 Å². The van der Waals surface area contributed by atoms with E-state index in [2.05, 4.69) is 0 Å². The maximum absolute atomic E-state index is 13.0. The number of amides is 2. The topological polar surface area (TPSA) is 68.3 Å². The number of hydrogen-bond donors (Lipinski definition) is 0. The van der Waals surface area contributed by atoms with Crippen LogP contribution in [0, 0.1) is 5.41 Å². The zero-order chi connectivity index (χ0) is 21.8. The van der Waals surface area contributed by atoms with Crippen LogP contribution in [0.4, 0.5) is 0 Å². The number of likely N-dealkylation sites (tertiary alicyclic amines) is 2. The number of benzene rings is 2. The Morgan fingerprint density at radius 3 is 2.19 bits per heavy atom. The minimum atomic E-state index is -0.430. The molecule has 2 amide bonds. The molecule has 0 radical (unpaired) electrons. The van der Waals surface area contributed by atoms with Gasteiger partial charge in [0.25, 0.3) is 5.91 Å². The van der Waals surface area contributed by atoms with E-state index >= 15 is 0 Å². The van der Waals surface area contributed by atoms with Crippen molar-refractivity contribution in [1.29, 1.82) is 0 Å². The highest BCUT2D eigenvalue weighted by Gasteiger charge is 2.51. The first-order valence-electron chi connectivity index (χ1n) is 10.5. The van der Waals surface area contributed by atoms with Crippen LogP contribution in [0.5, 0.6) is 17.2 Å². The third-order valence-corrected chi connectivity index (χ3v) is 6.20. The highest BCUT2D eigenvalue weighted by atomic mass is 16.5. The second kappa shape index (κ2) is 8.98. The molecule has 2 aliphatic heterocycles. The molecule has 2 fully saturated rings. The molecule has 0 N–H and O–H groups in total. The van der Waals surface area contributed by atoms with Crippen LogP contribution in [0.2, 0.25) is 0 Å². The van der Waals surface area contributed by atoms with E-state index < -0.39 is 5.41 Å². The third kappa shape index (κ3) is 4.37. The predicted molar refractivity (Wildman–Crippen MR) is 116 cm³/mol. The molecular weight excluding hydrogens is 396 g/mol. The number of rotatable bonds is 7. The van der Waals surface area contributed by atoms with Crippen molar-refractivity contribution in [2.75, 3.05) is 47.0 Å². The molecular formula is C24H28N2O5. The number of hydrogen-bond acceptors (Lipinski definition) is 5. The van der Waals surface area contributed by atoms with Gasteiger partial charge in [0.2, 0.25) is 5.91 Å². The molecule has 1 atom stereocenters. The van der Waals surface area contributed by atoms with Gasteiger partial charge in [-0.3, -0.25) is 9.59 Å². The molecule has 4 rings (SSSR count). The van der Waals surface area contributed by atoms with Gasteiger partial charge >= 0.3 is 0 Å². The number of carbonyl (C=O) groups excluding carboxylic acids is 2. The van der Waals surface area contributed by atoms with E-state index in [0.29, 0.717) is 43.3 Å². The Morgan fingerprint density at radius 1 is 0.935 bits per heavy atom. The lowest BCUT2D eigenvalue weighted by Gasteiger charge is -2.23. The summed E-state index contributed by atoms with van der Waals surface area (Å²) in [4.78, 5) is 29.6. The quantitative estimate of drug-likeness (QED) is 0.683. The largest absolute Gasteiger partial charge is 0.497 e. The van der Waals surface area contributed by atoms with E-state index in [-0.39, 0.29) is 11.8 Å². The zero-order valence-electron chi connectivity index (χ0n) is 18.0. The summed E-state index contributed by atoms with van der Waals surface area (Å²) in [5.74, 6) is 2.22. The van der Waals surface area contributed by atoms with Crippen LogP contribution in [-0.4, -0.2) is 68.6 Å². The Morgan fingerprint density at radius 2 is 1.55 bits per heavy atom. The Labute approximate surface area is 182 Å². The molecule has 2 aromatic rings. The average molecular weight is 424 g/mol. The molecule has 0 aromatic heterocycles. The molecule has 31 heavy (non-hydrogen) atoms. The van der Waals surface area contributed by atoms with Crippen molar-refractivity contribution >= 4 is 11.8 Å². The van der Waals surface area contributed by atoms with Crippen LogP contribution >= 0.6 is 0 Å². The van der Waals surface area contributed by atoms with E-state index in [4.69, 9.17) is 14.2 Å². The smallest absolute Gasteiger partial charge is 0.253 e. The summed E-state index contributed by atoms with van der Waals surface area (Å²) in [6, 6.07) is 14.4. The van der Waals surface area contributed by atoms with Gasteiger partial charge in [0.15, 0.2) is 0 Å². The molecule has 2 saturated heterocycles. The standard InChI is InChI=1S/C24H28N2O5/c1-29-16-15-25-13-11-24(23(25)28)12-14-26(17-24)22(27)18-3-5-20(6-4-18)31-21-9-7-19(30-2)8-10-21/h3-10H,11-17H2,1-2H3. The van der Waals surface area contributed by atoms with Gasteiger partial charge in [-0.25, -0.2) is 0 Å². The van der Waals surface area contributed by atoms with Gasteiger partial charge < -0.3 is 24.0 Å². The summed E-state index contributed by atoms with van der Waals surface area (Å²) in [6.45, 7) is 2.97. The molecule has 1 unspecified atom stereocenters. The Balaban J connectivity index is 1.37. The fourth-order valence-corrected chi connectivity index (χ4v) is 4.36. The van der Waals surface area contributed by atoms with Crippen LogP contribution in [0.25, 0.3) is 0 Å². The second-order valence-electron chi connectivity index (χ2n) is 8.09. The van der Waals surface area contributed by atoms with Gasteiger partial charge in [0.1, 0.15) is 17.2 Å². The van der Waals surface area contributed by atoms with Crippen LogP contribution in [-0.2, 0) is 9.53 Å². The van der Waals surface area contributed by atoms with E-state index in [1.807, 2.05) is 29.2 Å². The maximum atomic E-state index is 13.0. The molecule has 2 heterocycles. The molecule has 7 nitrogen and oxygen atoms in total. The van der Waals surface area contributed by atoms with Crippen molar-refractivity contribution in [3.63, 3.8) is 0 Å². The summed E-state index contributed by atoms with van der Waals surface area (Å²) < 4.78 is 16.1. The normalized spacial score (nSPS) is 20.5. The van der Waals surface area contributed by atoms with Crippen LogP contribution < -0.4 is 9.47 Å². The number of carbonyl (C=O) groups is 2. The number of methoxy groups -OCH3 is 2. The van der Waals surface area contributed by atoms with Crippen LogP contribution in [0.3, 0.4) is 0 Å². The van der Waals surface area contributed by atoms with Gasteiger partial charge in [-0.2, -0.15) is 0 Å². The fourth-order valence-electron chi connectivity index (χ4n) is 4.36. The minimum Gasteiger partial charge on any atom is -0.497 e. The Bertz CT molecular complexity index is 928. The SMILES string of the molecule is COCCN1CCC2(CCN(C(=O)c3ccc(Oc4ccc(OC)cc4)cc3)C2)C1=O. The predicted octanol–water partition coefficient (Wildman–Crippen LogP) is 3.20. The van der Waals surface area contributed by atoms with Gasteiger partial charge in [0.05, 0.1) is 19.1 Å². The Hall–Kier alpha value is -3.06. The molecule has 1 spiro atoms. The van der Waals surface area contributed by atoms with Crippen molar-refractivity contribution < 1.29 is 23.8 Å². The van der Waals surface area contributed by atoms with E-state index in [9.17, 15) is 9.59 Å². The first kappa shape index (κ1) is 21.2. The van der Waals surface area contributed by atoms with Crippen molar-refractivity contribution in [1.82, 2.24) is 9.80 Å². The van der Waals surface area contributed by atoms with Gasteiger partial charge in [-0.1, -0.05) is 0 Å². The Kier molecular flexibility index (Phi) is 6.13. The monoisotopic (exact) mass is 424 g/mol. The zero-order valence-corrected chi connectivity index (χ0v) is 18.0. The lowest BCUT2D eigenvalue weighted by Crippen LogP contribution is -2.39. The highest BCUT2D eigenvalue weighted by molar-refractivity contribution is 5.95. The molecule has 2 aromatic carbocycles. The van der Waals surface area contributed by atoms with Crippen molar-refractivity contribution in [3.05, 3.63) is 54.1 Å². The minimum absolute atomic E-state index is 0.0454. The van der Waals surface area contributed by atoms with E-state index in [0.717, 1.165) is 25.1 Å². The highest BCUT2D eigenvalue weighted by Crippen LogP contribution is 2.41. The molecule has 0 saturated carbocycles.